The molecule has 0 atom stereocenters. The van der Waals surface area contributed by atoms with Crippen molar-refractivity contribution in [1.29, 1.82) is 0 Å². The summed E-state index contributed by atoms with van der Waals surface area (Å²) in [6.07, 6.45) is 3.26. The molecule has 2 heterocycles. The third-order valence-corrected chi connectivity index (χ3v) is 3.65. The molecule has 0 unspecified atom stereocenters. The quantitative estimate of drug-likeness (QED) is 0.912. The Morgan fingerprint density at radius 2 is 2.23 bits per heavy atom. The van der Waals surface area contributed by atoms with Crippen molar-refractivity contribution in [3.05, 3.63) is 41.6 Å². The molecule has 0 radical (unpaired) electrons. The fourth-order valence-corrected chi connectivity index (χ4v) is 2.43. The van der Waals surface area contributed by atoms with E-state index >= 15 is 0 Å². The van der Waals surface area contributed by atoms with Crippen molar-refractivity contribution < 1.29 is 14.3 Å². The Labute approximate surface area is 129 Å². The van der Waals surface area contributed by atoms with Crippen molar-refractivity contribution in [2.45, 2.75) is 19.4 Å². The van der Waals surface area contributed by atoms with Gasteiger partial charge in [0, 0.05) is 19.5 Å². The maximum atomic E-state index is 12.2. The van der Waals surface area contributed by atoms with E-state index in [1.165, 1.54) is 0 Å². The Morgan fingerprint density at radius 1 is 1.41 bits per heavy atom. The summed E-state index contributed by atoms with van der Waals surface area (Å²) in [6.45, 7) is 2.00. The smallest absolute Gasteiger partial charge is 0.258 e. The number of amides is 1. The average molecular weight is 301 g/mol. The van der Waals surface area contributed by atoms with Crippen LogP contribution in [0, 0.1) is 0 Å². The summed E-state index contributed by atoms with van der Waals surface area (Å²) in [5.74, 6) is 1.27. The number of aryl methyl sites for hydroxylation is 1. The summed E-state index contributed by atoms with van der Waals surface area (Å²) in [4.78, 5) is 12.2. The van der Waals surface area contributed by atoms with Gasteiger partial charge in [-0.1, -0.05) is 12.1 Å². The predicted octanol–water partition coefficient (Wildman–Crippen LogP) is 1.65. The minimum atomic E-state index is -0.142. The third kappa shape index (κ3) is 3.05. The SMILES string of the molecule is COc1ccc(CCNC(=O)c2cnn3c2OCCC3)cc1. The Kier molecular flexibility index (Phi) is 4.27. The zero-order chi connectivity index (χ0) is 15.4. The van der Waals surface area contributed by atoms with E-state index in [9.17, 15) is 4.79 Å². The topological polar surface area (TPSA) is 65.4 Å². The second-order valence-electron chi connectivity index (χ2n) is 5.14. The zero-order valence-electron chi connectivity index (χ0n) is 12.5. The predicted molar refractivity (Wildman–Crippen MR) is 81.4 cm³/mol. The molecule has 1 aliphatic heterocycles. The number of aromatic nitrogens is 2. The Balaban J connectivity index is 1.55. The van der Waals surface area contributed by atoms with Crippen molar-refractivity contribution in [1.82, 2.24) is 15.1 Å². The minimum absolute atomic E-state index is 0.142. The number of fused-ring (bicyclic) bond motifs is 1. The van der Waals surface area contributed by atoms with Gasteiger partial charge in [-0.3, -0.25) is 4.79 Å². The highest BCUT2D eigenvalue weighted by molar-refractivity contribution is 5.96. The Hall–Kier alpha value is -2.50. The van der Waals surface area contributed by atoms with Crippen LogP contribution in [0.2, 0.25) is 0 Å². The van der Waals surface area contributed by atoms with Crippen LogP contribution in [-0.2, 0) is 13.0 Å². The maximum Gasteiger partial charge on any atom is 0.258 e. The van der Waals surface area contributed by atoms with Crippen LogP contribution in [0.3, 0.4) is 0 Å². The molecule has 6 nitrogen and oxygen atoms in total. The number of carbonyl (C=O) groups is 1. The number of ether oxygens (including phenoxy) is 2. The van der Waals surface area contributed by atoms with Crippen LogP contribution in [0.15, 0.2) is 30.5 Å². The summed E-state index contributed by atoms with van der Waals surface area (Å²) in [5.41, 5.74) is 1.66. The summed E-state index contributed by atoms with van der Waals surface area (Å²) < 4.78 is 12.4. The summed E-state index contributed by atoms with van der Waals surface area (Å²) in [5, 5.41) is 7.09. The Morgan fingerprint density at radius 3 is 3.00 bits per heavy atom. The summed E-state index contributed by atoms with van der Waals surface area (Å²) in [7, 11) is 1.64. The van der Waals surface area contributed by atoms with Crippen molar-refractivity contribution in [2.24, 2.45) is 0 Å². The largest absolute Gasteiger partial charge is 0.497 e. The monoisotopic (exact) mass is 301 g/mol. The molecule has 0 saturated heterocycles. The Bertz CT molecular complexity index is 649. The summed E-state index contributed by atoms with van der Waals surface area (Å²) in [6, 6.07) is 7.82. The van der Waals surface area contributed by atoms with Gasteiger partial charge in [0.2, 0.25) is 5.88 Å². The molecule has 0 spiro atoms. The van der Waals surface area contributed by atoms with E-state index in [0.717, 1.165) is 30.7 Å². The number of nitrogens with zero attached hydrogens (tertiary/aromatic N) is 2. The molecule has 1 aromatic carbocycles. The molecule has 1 N–H and O–H groups in total. The van der Waals surface area contributed by atoms with Crippen LogP contribution in [0.1, 0.15) is 22.3 Å². The van der Waals surface area contributed by atoms with Gasteiger partial charge in [-0.15, -0.1) is 0 Å². The lowest BCUT2D eigenvalue weighted by molar-refractivity contribution is 0.0947. The van der Waals surface area contributed by atoms with Crippen molar-refractivity contribution in [3.8, 4) is 11.6 Å². The second kappa shape index (κ2) is 6.51. The molecule has 22 heavy (non-hydrogen) atoms. The highest BCUT2D eigenvalue weighted by Gasteiger charge is 2.21. The summed E-state index contributed by atoms with van der Waals surface area (Å²) >= 11 is 0. The van der Waals surface area contributed by atoms with Crippen LogP contribution in [0.4, 0.5) is 0 Å². The second-order valence-corrected chi connectivity index (χ2v) is 5.14. The maximum absolute atomic E-state index is 12.2. The zero-order valence-corrected chi connectivity index (χ0v) is 12.5. The van der Waals surface area contributed by atoms with E-state index in [0.29, 0.717) is 24.6 Å². The van der Waals surface area contributed by atoms with E-state index < -0.39 is 0 Å². The highest BCUT2D eigenvalue weighted by Crippen LogP contribution is 2.22. The van der Waals surface area contributed by atoms with Crippen LogP contribution in [0.25, 0.3) is 0 Å². The average Bonchev–Trinajstić information content (AvgIpc) is 2.99. The lowest BCUT2D eigenvalue weighted by Crippen LogP contribution is -2.26. The van der Waals surface area contributed by atoms with Crippen molar-refractivity contribution >= 4 is 5.91 Å². The lowest BCUT2D eigenvalue weighted by atomic mass is 10.1. The first kappa shape index (κ1) is 14.4. The van der Waals surface area contributed by atoms with Gasteiger partial charge in [0.25, 0.3) is 5.91 Å². The molecule has 2 aromatic rings. The number of nitrogens with one attached hydrogen (secondary N) is 1. The van der Waals surface area contributed by atoms with Gasteiger partial charge in [-0.25, -0.2) is 4.68 Å². The van der Waals surface area contributed by atoms with Crippen molar-refractivity contribution in [2.75, 3.05) is 20.3 Å². The van der Waals surface area contributed by atoms with Crippen LogP contribution in [0.5, 0.6) is 11.6 Å². The van der Waals surface area contributed by atoms with Crippen molar-refractivity contribution in [3.63, 3.8) is 0 Å². The van der Waals surface area contributed by atoms with Crippen LogP contribution in [-0.4, -0.2) is 35.9 Å². The van der Waals surface area contributed by atoms with E-state index in [1.54, 1.807) is 18.0 Å². The van der Waals surface area contributed by atoms with Crippen LogP contribution < -0.4 is 14.8 Å². The van der Waals surface area contributed by atoms with Crippen LogP contribution >= 0.6 is 0 Å². The molecule has 1 aromatic heterocycles. The number of methoxy groups -OCH3 is 1. The first-order valence-corrected chi connectivity index (χ1v) is 7.37. The number of carbonyl (C=O) groups excluding carboxylic acids is 1. The molecule has 0 aliphatic carbocycles. The van der Waals surface area contributed by atoms with Gasteiger partial charge in [0.1, 0.15) is 11.3 Å². The van der Waals surface area contributed by atoms with Gasteiger partial charge in [-0.2, -0.15) is 5.10 Å². The lowest BCUT2D eigenvalue weighted by Gasteiger charge is -2.15. The van der Waals surface area contributed by atoms with Gasteiger partial charge in [0.05, 0.1) is 19.9 Å². The molecule has 1 amide bonds. The number of hydrogen-bond acceptors (Lipinski definition) is 4. The molecule has 3 rings (SSSR count). The normalized spacial score (nSPS) is 13.1. The third-order valence-electron chi connectivity index (χ3n) is 3.65. The fourth-order valence-electron chi connectivity index (χ4n) is 2.43. The van der Waals surface area contributed by atoms with Gasteiger partial charge in [-0.05, 0) is 24.1 Å². The first-order chi connectivity index (χ1) is 10.8. The first-order valence-electron chi connectivity index (χ1n) is 7.37. The fraction of sp³-hybridized carbons (Fsp3) is 0.375. The van der Waals surface area contributed by atoms with Gasteiger partial charge >= 0.3 is 0 Å². The number of hydrogen-bond donors (Lipinski definition) is 1. The molecular formula is C16H19N3O3. The molecule has 0 bridgehead atoms. The van der Waals surface area contributed by atoms with E-state index in [1.807, 2.05) is 24.3 Å². The molecule has 116 valence electrons. The molecule has 6 heteroatoms. The number of rotatable bonds is 5. The van der Waals surface area contributed by atoms with E-state index in [-0.39, 0.29) is 5.91 Å². The van der Waals surface area contributed by atoms with E-state index in [4.69, 9.17) is 9.47 Å². The van der Waals surface area contributed by atoms with E-state index in [2.05, 4.69) is 10.4 Å². The van der Waals surface area contributed by atoms with Gasteiger partial charge < -0.3 is 14.8 Å². The number of benzene rings is 1. The van der Waals surface area contributed by atoms with Gasteiger partial charge in [0.15, 0.2) is 0 Å². The standard InChI is InChI=1S/C16H19N3O3/c1-21-13-5-3-12(4-6-13)7-8-17-15(20)14-11-18-19-9-2-10-22-16(14)19/h3-6,11H,2,7-10H2,1H3,(H,17,20). The molecule has 0 saturated carbocycles. The molecular weight excluding hydrogens is 282 g/mol. The minimum Gasteiger partial charge on any atom is -0.497 e. The molecule has 1 aliphatic rings. The highest BCUT2D eigenvalue weighted by atomic mass is 16.5. The molecule has 0 fully saturated rings.